The Morgan fingerprint density at radius 1 is 1.24 bits per heavy atom. The molecule has 0 bridgehead atoms. The minimum atomic E-state index is -0.173. The number of methoxy groups -OCH3 is 1. The smallest absolute Gasteiger partial charge is 0.293 e. The molecule has 2 aromatic rings. The van der Waals surface area contributed by atoms with E-state index in [1.54, 1.807) is 14.2 Å². The topological polar surface area (TPSA) is 43.7 Å². The Hall–Kier alpha value is -2.27. The highest BCUT2D eigenvalue weighted by atomic mass is 16.7. The molecule has 0 radical (unpaired) electrons. The van der Waals surface area contributed by atoms with Gasteiger partial charge in [-0.25, -0.2) is 5.06 Å². The van der Waals surface area contributed by atoms with Crippen molar-refractivity contribution < 1.29 is 14.4 Å². The highest BCUT2D eigenvalue weighted by Crippen LogP contribution is 2.26. The van der Waals surface area contributed by atoms with Crippen molar-refractivity contribution in [1.29, 1.82) is 0 Å². The summed E-state index contributed by atoms with van der Waals surface area (Å²) in [6.07, 6.45) is 1.96. The third kappa shape index (κ3) is 3.08. The van der Waals surface area contributed by atoms with E-state index < -0.39 is 0 Å². The van der Waals surface area contributed by atoms with Crippen molar-refractivity contribution >= 4 is 5.91 Å². The number of amides is 1. The Labute approximate surface area is 124 Å². The van der Waals surface area contributed by atoms with E-state index in [4.69, 9.17) is 9.57 Å². The number of hydroxylamine groups is 2. The Balaban J connectivity index is 2.42. The molecule has 1 aromatic heterocycles. The molecule has 0 aliphatic rings. The van der Waals surface area contributed by atoms with Gasteiger partial charge in [0, 0.05) is 25.4 Å². The fourth-order valence-corrected chi connectivity index (χ4v) is 2.16. The molecule has 0 saturated heterocycles. The van der Waals surface area contributed by atoms with Gasteiger partial charge < -0.3 is 9.30 Å². The minimum Gasteiger partial charge on any atom is -0.497 e. The van der Waals surface area contributed by atoms with Crippen LogP contribution in [0.4, 0.5) is 0 Å². The van der Waals surface area contributed by atoms with Crippen molar-refractivity contribution in [3.63, 3.8) is 0 Å². The molecule has 0 aliphatic carbocycles. The SMILES string of the molecule is CCn1cc(-c2cccc(OC)c2)cc1C(=O)N(C)OC. The van der Waals surface area contributed by atoms with Crippen molar-refractivity contribution in [2.75, 3.05) is 21.3 Å². The van der Waals surface area contributed by atoms with Gasteiger partial charge in [0.1, 0.15) is 11.4 Å². The van der Waals surface area contributed by atoms with E-state index in [9.17, 15) is 4.79 Å². The second-order valence-electron chi connectivity index (χ2n) is 4.62. The zero-order valence-corrected chi connectivity index (χ0v) is 12.8. The van der Waals surface area contributed by atoms with E-state index >= 15 is 0 Å². The summed E-state index contributed by atoms with van der Waals surface area (Å²) in [6.45, 7) is 2.71. The van der Waals surface area contributed by atoms with Crippen LogP contribution in [0.3, 0.4) is 0 Å². The fraction of sp³-hybridized carbons (Fsp3) is 0.312. The first-order valence-corrected chi connectivity index (χ1v) is 6.77. The van der Waals surface area contributed by atoms with Crippen LogP contribution >= 0.6 is 0 Å². The first-order valence-electron chi connectivity index (χ1n) is 6.77. The number of carbonyl (C=O) groups is 1. The lowest BCUT2D eigenvalue weighted by Gasteiger charge is -2.14. The summed E-state index contributed by atoms with van der Waals surface area (Å²) in [5.41, 5.74) is 2.58. The molecule has 1 heterocycles. The number of aryl methyl sites for hydroxylation is 1. The van der Waals surface area contributed by atoms with Gasteiger partial charge in [-0.15, -0.1) is 0 Å². The van der Waals surface area contributed by atoms with E-state index in [2.05, 4.69) is 0 Å². The first kappa shape index (κ1) is 15.1. The van der Waals surface area contributed by atoms with Crippen LogP contribution in [-0.4, -0.2) is 36.8 Å². The van der Waals surface area contributed by atoms with Gasteiger partial charge in [0.2, 0.25) is 0 Å². The summed E-state index contributed by atoms with van der Waals surface area (Å²) in [6, 6.07) is 9.64. The number of ether oxygens (including phenoxy) is 1. The normalized spacial score (nSPS) is 10.5. The number of hydrogen-bond donors (Lipinski definition) is 0. The highest BCUT2D eigenvalue weighted by molar-refractivity contribution is 5.93. The van der Waals surface area contributed by atoms with Gasteiger partial charge in [0.05, 0.1) is 14.2 Å². The van der Waals surface area contributed by atoms with Crippen LogP contribution in [0.2, 0.25) is 0 Å². The Morgan fingerprint density at radius 3 is 2.62 bits per heavy atom. The van der Waals surface area contributed by atoms with E-state index in [1.165, 1.54) is 12.2 Å². The molecule has 0 saturated carbocycles. The zero-order chi connectivity index (χ0) is 15.4. The van der Waals surface area contributed by atoms with Gasteiger partial charge in [-0.05, 0) is 30.7 Å². The van der Waals surface area contributed by atoms with Crippen LogP contribution in [0.1, 0.15) is 17.4 Å². The molecule has 0 aliphatic heterocycles. The molecular formula is C16H20N2O3. The second-order valence-corrected chi connectivity index (χ2v) is 4.62. The van der Waals surface area contributed by atoms with Gasteiger partial charge in [0.25, 0.3) is 5.91 Å². The zero-order valence-electron chi connectivity index (χ0n) is 12.8. The van der Waals surface area contributed by atoms with Crippen LogP contribution in [0.5, 0.6) is 5.75 Å². The molecule has 0 unspecified atom stereocenters. The Morgan fingerprint density at radius 2 is 2.00 bits per heavy atom. The van der Waals surface area contributed by atoms with E-state index in [0.29, 0.717) is 12.2 Å². The van der Waals surface area contributed by atoms with Crippen molar-refractivity contribution in [1.82, 2.24) is 9.63 Å². The fourth-order valence-electron chi connectivity index (χ4n) is 2.16. The highest BCUT2D eigenvalue weighted by Gasteiger charge is 2.17. The van der Waals surface area contributed by atoms with Crippen molar-refractivity contribution in [2.45, 2.75) is 13.5 Å². The predicted octanol–water partition coefficient (Wildman–Crippen LogP) is 2.82. The molecular weight excluding hydrogens is 268 g/mol. The van der Waals surface area contributed by atoms with Gasteiger partial charge in [-0.1, -0.05) is 12.1 Å². The second kappa shape index (κ2) is 6.45. The van der Waals surface area contributed by atoms with Gasteiger partial charge >= 0.3 is 0 Å². The average molecular weight is 288 g/mol. The van der Waals surface area contributed by atoms with Crippen LogP contribution < -0.4 is 4.74 Å². The van der Waals surface area contributed by atoms with Crippen molar-refractivity contribution in [2.24, 2.45) is 0 Å². The summed E-state index contributed by atoms with van der Waals surface area (Å²) in [7, 11) is 4.71. The molecule has 5 nitrogen and oxygen atoms in total. The predicted molar refractivity (Wildman–Crippen MR) is 81.2 cm³/mol. The Bertz CT molecular complexity index is 634. The summed E-state index contributed by atoms with van der Waals surface area (Å²) in [4.78, 5) is 17.2. The number of benzene rings is 1. The summed E-state index contributed by atoms with van der Waals surface area (Å²) < 4.78 is 7.15. The van der Waals surface area contributed by atoms with Crippen molar-refractivity contribution in [3.8, 4) is 16.9 Å². The maximum atomic E-state index is 12.3. The maximum Gasteiger partial charge on any atom is 0.293 e. The summed E-state index contributed by atoms with van der Waals surface area (Å²) in [5.74, 6) is 0.618. The number of nitrogens with zero attached hydrogens (tertiary/aromatic N) is 2. The Kier molecular flexibility index (Phi) is 4.65. The summed E-state index contributed by atoms with van der Waals surface area (Å²) in [5, 5.41) is 1.22. The van der Waals surface area contributed by atoms with Gasteiger partial charge in [-0.3, -0.25) is 9.63 Å². The van der Waals surface area contributed by atoms with Crippen LogP contribution in [0.25, 0.3) is 11.1 Å². The first-order chi connectivity index (χ1) is 10.1. The molecule has 1 aromatic carbocycles. The monoisotopic (exact) mass is 288 g/mol. The lowest BCUT2D eigenvalue weighted by Crippen LogP contribution is -2.27. The van der Waals surface area contributed by atoms with Crippen LogP contribution in [0, 0.1) is 0 Å². The van der Waals surface area contributed by atoms with Gasteiger partial charge in [-0.2, -0.15) is 0 Å². The lowest BCUT2D eigenvalue weighted by molar-refractivity contribution is -0.0762. The van der Waals surface area contributed by atoms with Gasteiger partial charge in [0.15, 0.2) is 0 Å². The molecule has 0 N–H and O–H groups in total. The quantitative estimate of drug-likeness (QED) is 0.795. The maximum absolute atomic E-state index is 12.3. The molecule has 0 spiro atoms. The number of aromatic nitrogens is 1. The standard InChI is InChI=1S/C16H20N2O3/c1-5-18-11-13(10-15(18)16(19)17(2)21-4)12-7-6-8-14(9-12)20-3/h6-11H,5H2,1-4H3. The molecule has 112 valence electrons. The average Bonchev–Trinajstić information content (AvgIpc) is 2.97. The number of hydrogen-bond acceptors (Lipinski definition) is 3. The largest absolute Gasteiger partial charge is 0.497 e. The van der Waals surface area contributed by atoms with Crippen LogP contribution in [0.15, 0.2) is 36.5 Å². The molecule has 1 amide bonds. The van der Waals surface area contributed by atoms with Crippen molar-refractivity contribution in [3.05, 3.63) is 42.2 Å². The van der Waals surface area contributed by atoms with E-state index in [0.717, 1.165) is 16.9 Å². The summed E-state index contributed by atoms with van der Waals surface area (Å²) >= 11 is 0. The van der Waals surface area contributed by atoms with Crippen LogP contribution in [-0.2, 0) is 11.4 Å². The van der Waals surface area contributed by atoms with E-state index in [1.807, 2.05) is 48.0 Å². The molecule has 21 heavy (non-hydrogen) atoms. The molecule has 5 heteroatoms. The molecule has 2 rings (SSSR count). The third-order valence-electron chi connectivity index (χ3n) is 3.42. The molecule has 0 atom stereocenters. The molecule has 0 fully saturated rings. The number of carbonyl (C=O) groups excluding carboxylic acids is 1. The lowest BCUT2D eigenvalue weighted by atomic mass is 10.1. The van der Waals surface area contributed by atoms with E-state index in [-0.39, 0.29) is 5.91 Å². The third-order valence-corrected chi connectivity index (χ3v) is 3.42. The minimum absolute atomic E-state index is 0.173. The number of rotatable bonds is 5.